The van der Waals surface area contributed by atoms with E-state index >= 15 is 0 Å². The van der Waals surface area contributed by atoms with E-state index in [1.165, 1.54) is 0 Å². The second kappa shape index (κ2) is 6.33. The number of nitrogens with one attached hydrogen (secondary N) is 1. The largest absolute Gasteiger partial charge is 0.347 e. The third kappa shape index (κ3) is 3.35. The third-order valence-electron chi connectivity index (χ3n) is 3.05. The van der Waals surface area contributed by atoms with Crippen LogP contribution in [0.3, 0.4) is 0 Å². The van der Waals surface area contributed by atoms with Crippen LogP contribution in [-0.4, -0.2) is 10.9 Å². The minimum Gasteiger partial charge on any atom is -0.347 e. The molecule has 2 heterocycles. The molecule has 0 radical (unpaired) electrons. The second-order valence-corrected chi connectivity index (χ2v) is 5.50. The van der Waals surface area contributed by atoms with Crippen LogP contribution in [0.5, 0.6) is 0 Å². The summed E-state index contributed by atoms with van der Waals surface area (Å²) in [6.45, 7) is 0.505. The molecule has 2 aromatic heterocycles. The number of nitrogens with zero attached hydrogens (tertiary/aromatic N) is 1. The Morgan fingerprint density at radius 3 is 2.62 bits per heavy atom. The highest BCUT2D eigenvalue weighted by Gasteiger charge is 2.09. The highest BCUT2D eigenvalue weighted by atomic mass is 32.1. The van der Waals surface area contributed by atoms with Gasteiger partial charge in [0.15, 0.2) is 0 Å². The zero-order valence-electron chi connectivity index (χ0n) is 11.3. The fourth-order valence-electron chi connectivity index (χ4n) is 1.99. The van der Waals surface area contributed by atoms with Crippen LogP contribution in [-0.2, 0) is 6.54 Å². The van der Waals surface area contributed by atoms with Gasteiger partial charge in [0.25, 0.3) is 5.91 Å². The van der Waals surface area contributed by atoms with Gasteiger partial charge >= 0.3 is 0 Å². The highest BCUT2D eigenvalue weighted by molar-refractivity contribution is 7.13. The SMILES string of the molecule is O=C(NCc1ccccc1)c1cccc(-c2cccs2)n1. The lowest BCUT2D eigenvalue weighted by Crippen LogP contribution is -2.23. The Kier molecular flexibility index (Phi) is 4.07. The van der Waals surface area contributed by atoms with Crippen molar-refractivity contribution < 1.29 is 4.79 Å². The van der Waals surface area contributed by atoms with Crippen molar-refractivity contribution in [3.8, 4) is 10.6 Å². The molecule has 0 saturated heterocycles. The molecule has 0 aliphatic carbocycles. The topological polar surface area (TPSA) is 42.0 Å². The van der Waals surface area contributed by atoms with Crippen molar-refractivity contribution in [2.75, 3.05) is 0 Å². The van der Waals surface area contributed by atoms with Crippen LogP contribution in [0.1, 0.15) is 16.1 Å². The molecule has 0 aliphatic heterocycles. The molecule has 1 aromatic carbocycles. The molecular weight excluding hydrogens is 280 g/mol. The summed E-state index contributed by atoms with van der Waals surface area (Å²) in [5.74, 6) is -0.155. The van der Waals surface area contributed by atoms with Gasteiger partial charge in [0, 0.05) is 6.54 Å². The quantitative estimate of drug-likeness (QED) is 0.796. The standard InChI is InChI=1S/C17H14N2OS/c20-17(18-12-13-6-2-1-3-7-13)15-9-4-8-14(19-15)16-10-5-11-21-16/h1-11H,12H2,(H,18,20). The van der Waals surface area contributed by atoms with Crippen LogP contribution < -0.4 is 5.32 Å². The molecule has 3 nitrogen and oxygen atoms in total. The first-order chi connectivity index (χ1) is 10.3. The predicted molar refractivity (Wildman–Crippen MR) is 85.2 cm³/mol. The fourth-order valence-corrected chi connectivity index (χ4v) is 2.69. The summed E-state index contributed by atoms with van der Waals surface area (Å²) in [6.07, 6.45) is 0. The van der Waals surface area contributed by atoms with Crippen LogP contribution in [0.15, 0.2) is 66.0 Å². The molecule has 0 unspecified atom stereocenters. The van der Waals surface area contributed by atoms with Crippen LogP contribution in [0.25, 0.3) is 10.6 Å². The Morgan fingerprint density at radius 1 is 1.00 bits per heavy atom. The number of hydrogen-bond acceptors (Lipinski definition) is 3. The van der Waals surface area contributed by atoms with E-state index in [1.807, 2.05) is 60.0 Å². The van der Waals surface area contributed by atoms with Gasteiger partial charge in [-0.3, -0.25) is 4.79 Å². The molecule has 1 N–H and O–H groups in total. The smallest absolute Gasteiger partial charge is 0.270 e. The Morgan fingerprint density at radius 2 is 1.86 bits per heavy atom. The number of carbonyl (C=O) groups is 1. The first-order valence-corrected chi connectivity index (χ1v) is 7.54. The average molecular weight is 294 g/mol. The molecule has 21 heavy (non-hydrogen) atoms. The van der Waals surface area contributed by atoms with Crippen LogP contribution in [0.4, 0.5) is 0 Å². The zero-order valence-corrected chi connectivity index (χ0v) is 12.1. The van der Waals surface area contributed by atoms with Crippen molar-refractivity contribution in [3.05, 3.63) is 77.3 Å². The number of rotatable bonds is 4. The van der Waals surface area contributed by atoms with Crippen LogP contribution >= 0.6 is 11.3 Å². The molecular formula is C17H14N2OS. The maximum Gasteiger partial charge on any atom is 0.270 e. The molecule has 0 aliphatic rings. The Hall–Kier alpha value is -2.46. The maximum absolute atomic E-state index is 12.2. The number of pyridine rings is 1. The summed E-state index contributed by atoms with van der Waals surface area (Å²) in [4.78, 5) is 17.7. The molecule has 0 spiro atoms. The summed E-state index contributed by atoms with van der Waals surface area (Å²) >= 11 is 1.61. The van der Waals surface area contributed by atoms with E-state index in [2.05, 4.69) is 10.3 Å². The Bertz CT molecular complexity index is 724. The molecule has 0 atom stereocenters. The van der Waals surface area contributed by atoms with Gasteiger partial charge in [0.1, 0.15) is 5.69 Å². The first kappa shape index (κ1) is 13.5. The van der Waals surface area contributed by atoms with Gasteiger partial charge < -0.3 is 5.32 Å². The number of amides is 1. The van der Waals surface area contributed by atoms with E-state index in [0.717, 1.165) is 16.1 Å². The van der Waals surface area contributed by atoms with Gasteiger partial charge in [-0.2, -0.15) is 0 Å². The first-order valence-electron chi connectivity index (χ1n) is 6.66. The number of hydrogen-bond donors (Lipinski definition) is 1. The van der Waals surface area contributed by atoms with E-state index in [0.29, 0.717) is 12.2 Å². The minimum atomic E-state index is -0.155. The van der Waals surface area contributed by atoms with E-state index in [4.69, 9.17) is 0 Å². The van der Waals surface area contributed by atoms with Crippen molar-refractivity contribution in [2.45, 2.75) is 6.54 Å². The van der Waals surface area contributed by atoms with Gasteiger partial charge in [0.2, 0.25) is 0 Å². The van der Waals surface area contributed by atoms with Gasteiger partial charge in [-0.05, 0) is 29.1 Å². The van der Waals surface area contributed by atoms with Crippen LogP contribution in [0, 0.1) is 0 Å². The monoisotopic (exact) mass is 294 g/mol. The van der Waals surface area contributed by atoms with Crippen LogP contribution in [0.2, 0.25) is 0 Å². The number of benzene rings is 1. The molecule has 0 fully saturated rings. The average Bonchev–Trinajstić information content (AvgIpc) is 3.08. The third-order valence-corrected chi connectivity index (χ3v) is 3.94. The fraction of sp³-hybridized carbons (Fsp3) is 0.0588. The van der Waals surface area contributed by atoms with Crippen molar-refractivity contribution in [1.29, 1.82) is 0 Å². The lowest BCUT2D eigenvalue weighted by atomic mass is 10.2. The van der Waals surface area contributed by atoms with Gasteiger partial charge in [-0.1, -0.05) is 42.5 Å². The van der Waals surface area contributed by atoms with Crippen molar-refractivity contribution in [2.24, 2.45) is 0 Å². The van der Waals surface area contributed by atoms with Crippen molar-refractivity contribution in [3.63, 3.8) is 0 Å². The van der Waals surface area contributed by atoms with Gasteiger partial charge in [0.05, 0.1) is 10.6 Å². The molecule has 0 bridgehead atoms. The summed E-state index contributed by atoms with van der Waals surface area (Å²) < 4.78 is 0. The molecule has 0 saturated carbocycles. The molecule has 3 rings (SSSR count). The summed E-state index contributed by atoms with van der Waals surface area (Å²) in [5.41, 5.74) is 2.34. The summed E-state index contributed by atoms with van der Waals surface area (Å²) in [7, 11) is 0. The number of carbonyl (C=O) groups excluding carboxylic acids is 1. The lowest BCUT2D eigenvalue weighted by molar-refractivity contribution is 0.0946. The molecule has 104 valence electrons. The number of thiophene rings is 1. The zero-order chi connectivity index (χ0) is 14.5. The Balaban J connectivity index is 1.72. The minimum absolute atomic E-state index is 0.155. The highest BCUT2D eigenvalue weighted by Crippen LogP contribution is 2.22. The maximum atomic E-state index is 12.2. The lowest BCUT2D eigenvalue weighted by Gasteiger charge is -2.06. The predicted octanol–water partition coefficient (Wildman–Crippen LogP) is 3.74. The molecule has 3 aromatic rings. The van der Waals surface area contributed by atoms with Gasteiger partial charge in [-0.15, -0.1) is 11.3 Å². The van der Waals surface area contributed by atoms with Gasteiger partial charge in [-0.25, -0.2) is 4.98 Å². The Labute approximate surface area is 127 Å². The van der Waals surface area contributed by atoms with E-state index in [9.17, 15) is 4.79 Å². The van der Waals surface area contributed by atoms with E-state index in [-0.39, 0.29) is 5.91 Å². The number of aromatic nitrogens is 1. The molecule has 4 heteroatoms. The summed E-state index contributed by atoms with van der Waals surface area (Å²) in [5, 5.41) is 4.89. The molecule has 1 amide bonds. The summed E-state index contributed by atoms with van der Waals surface area (Å²) in [6, 6.07) is 19.3. The van der Waals surface area contributed by atoms with Crippen molar-refractivity contribution >= 4 is 17.2 Å². The normalized spacial score (nSPS) is 10.3. The van der Waals surface area contributed by atoms with Crippen molar-refractivity contribution in [1.82, 2.24) is 10.3 Å². The van der Waals surface area contributed by atoms with E-state index < -0.39 is 0 Å². The second-order valence-electron chi connectivity index (χ2n) is 4.55. The van der Waals surface area contributed by atoms with E-state index in [1.54, 1.807) is 17.4 Å².